The van der Waals surface area contributed by atoms with E-state index >= 15 is 0 Å². The Morgan fingerprint density at radius 1 is 0.345 bits per heavy atom. The van der Waals surface area contributed by atoms with E-state index in [-0.39, 0.29) is 18.8 Å². The molecule has 0 N–H and O–H groups in total. The van der Waals surface area contributed by atoms with Gasteiger partial charge in [0, 0.05) is 57.0 Å². The average molecular weight is 1110 g/mol. The van der Waals surface area contributed by atoms with E-state index in [1.807, 2.05) is 0 Å². The van der Waals surface area contributed by atoms with Gasteiger partial charge in [-0.3, -0.25) is 0 Å². The van der Waals surface area contributed by atoms with Crippen LogP contribution in [0.2, 0.25) is 0 Å². The molecule has 87 heavy (non-hydrogen) atoms. The lowest BCUT2D eigenvalue weighted by Crippen LogP contribution is -2.64. The summed E-state index contributed by atoms with van der Waals surface area (Å²) < 4.78 is 7.75. The number of ether oxygens (including phenoxy) is 1. The lowest BCUT2D eigenvalue weighted by molar-refractivity contribution is 0.488. The Morgan fingerprint density at radius 2 is 0.828 bits per heavy atom. The first-order valence-corrected chi connectivity index (χ1v) is 30.6. The van der Waals surface area contributed by atoms with Crippen molar-refractivity contribution in [3.63, 3.8) is 0 Å². The summed E-state index contributed by atoms with van der Waals surface area (Å²) in [5, 5.41) is 2.30. The molecule has 0 amide bonds. The number of benzene rings is 13. The number of fused-ring (bicyclic) bond motifs is 20. The van der Waals surface area contributed by atoms with Gasteiger partial charge in [0.2, 0.25) is 0 Å². The Hall–Kier alpha value is -10.6. The minimum Gasteiger partial charge on any atom is -0.458 e. The standard InChI is InChI=1S/C81H55B2N3O/c1-80(2,3)52-46-72-77-73(47-52)85(54-26-9-5-10-27-54)71-49-74-68(48-67(71)82(77)65-38-19-21-40-69(65)84(72)53-24-7-4-8-25-53)83-66-39-20-22-41-70(66)86(55-28-11-6-12-29-55)79-57-43-42-50(44-51(57)45-75(87-74)78(79)83)56-33-23-34-61-60-32-15-18-37-64(60)81(76(56)61)62-35-16-13-30-58(62)59-31-14-17-36-63(59)81/h4-49H,1-3H3. The van der Waals surface area contributed by atoms with E-state index in [4.69, 9.17) is 4.74 Å². The van der Waals surface area contributed by atoms with E-state index in [1.54, 1.807) is 0 Å². The highest BCUT2D eigenvalue weighted by Crippen LogP contribution is 2.65. The second-order valence-corrected chi connectivity index (χ2v) is 25.4. The van der Waals surface area contributed by atoms with Gasteiger partial charge in [-0.15, -0.1) is 0 Å². The Balaban J connectivity index is 0.866. The van der Waals surface area contributed by atoms with Gasteiger partial charge in [0.05, 0.1) is 11.1 Å². The number of hydrogen-bond acceptors (Lipinski definition) is 4. The lowest BCUT2D eigenvalue weighted by Gasteiger charge is -2.46. The van der Waals surface area contributed by atoms with Gasteiger partial charge in [0.1, 0.15) is 11.5 Å². The largest absolute Gasteiger partial charge is 0.458 e. The quantitative estimate of drug-likeness (QED) is 0.164. The van der Waals surface area contributed by atoms with Crippen molar-refractivity contribution >= 4 is 108 Å². The van der Waals surface area contributed by atoms with Crippen molar-refractivity contribution in [1.29, 1.82) is 0 Å². The molecule has 19 rings (SSSR count). The van der Waals surface area contributed by atoms with Crippen LogP contribution in [0.3, 0.4) is 0 Å². The Kier molecular flexibility index (Phi) is 9.96. The van der Waals surface area contributed by atoms with Crippen molar-refractivity contribution < 1.29 is 4.74 Å². The zero-order valence-corrected chi connectivity index (χ0v) is 48.5. The smallest absolute Gasteiger partial charge is 0.256 e. The van der Waals surface area contributed by atoms with Crippen LogP contribution in [0.5, 0.6) is 11.5 Å². The van der Waals surface area contributed by atoms with Gasteiger partial charge in [-0.1, -0.05) is 221 Å². The maximum absolute atomic E-state index is 7.75. The lowest BCUT2D eigenvalue weighted by atomic mass is 9.30. The number of anilines is 9. The molecule has 1 spiro atoms. The predicted octanol–water partition coefficient (Wildman–Crippen LogP) is 16.6. The van der Waals surface area contributed by atoms with Crippen molar-refractivity contribution in [2.75, 3.05) is 14.7 Å². The van der Waals surface area contributed by atoms with Crippen LogP contribution in [0.25, 0.3) is 44.2 Å². The molecule has 0 atom stereocenters. The second-order valence-electron chi connectivity index (χ2n) is 25.4. The number of hydrogen-bond donors (Lipinski definition) is 0. The van der Waals surface area contributed by atoms with Gasteiger partial charge >= 0.3 is 0 Å². The summed E-state index contributed by atoms with van der Waals surface area (Å²) in [4.78, 5) is 7.56. The number of rotatable bonds is 4. The molecule has 0 saturated heterocycles. The van der Waals surface area contributed by atoms with E-state index in [0.29, 0.717) is 0 Å². The molecule has 0 fully saturated rings. The molecule has 0 aromatic heterocycles. The van der Waals surface area contributed by atoms with Gasteiger partial charge in [0.15, 0.2) is 0 Å². The fourth-order valence-corrected chi connectivity index (χ4v) is 16.5. The van der Waals surface area contributed by atoms with E-state index in [1.165, 1.54) is 122 Å². The fourth-order valence-electron chi connectivity index (χ4n) is 16.5. The highest BCUT2D eigenvalue weighted by molar-refractivity contribution is 7.02. The molecule has 0 radical (unpaired) electrons. The first-order valence-electron chi connectivity index (χ1n) is 30.6. The molecule has 406 valence electrons. The third-order valence-corrected chi connectivity index (χ3v) is 20.0. The van der Waals surface area contributed by atoms with Crippen LogP contribution >= 0.6 is 0 Å². The third-order valence-electron chi connectivity index (χ3n) is 20.0. The predicted molar refractivity (Wildman–Crippen MR) is 364 cm³/mol. The first kappa shape index (κ1) is 48.8. The molecule has 6 heteroatoms. The van der Waals surface area contributed by atoms with E-state index in [9.17, 15) is 0 Å². The summed E-state index contributed by atoms with van der Waals surface area (Å²) >= 11 is 0. The molecule has 4 aliphatic heterocycles. The molecular weight excluding hydrogens is 1050 g/mol. The molecule has 4 nitrogen and oxygen atoms in total. The van der Waals surface area contributed by atoms with Gasteiger partial charge in [-0.25, -0.2) is 0 Å². The third kappa shape index (κ3) is 6.54. The van der Waals surface area contributed by atoms with Crippen molar-refractivity contribution in [2.24, 2.45) is 0 Å². The maximum atomic E-state index is 7.75. The summed E-state index contributed by atoms with van der Waals surface area (Å²) in [5.74, 6) is 1.76. The van der Waals surface area contributed by atoms with Crippen LogP contribution < -0.4 is 52.2 Å². The fraction of sp³-hybridized carbons (Fsp3) is 0.0617. The van der Waals surface area contributed by atoms with E-state index in [2.05, 4.69) is 315 Å². The molecule has 0 bridgehead atoms. The van der Waals surface area contributed by atoms with Crippen LogP contribution in [-0.4, -0.2) is 13.4 Å². The highest BCUT2D eigenvalue weighted by Gasteiger charge is 2.53. The number of nitrogens with zero attached hydrogens (tertiary/aromatic N) is 3. The van der Waals surface area contributed by atoms with Gasteiger partial charge in [0.25, 0.3) is 13.4 Å². The zero-order chi connectivity index (χ0) is 57.4. The molecule has 0 unspecified atom stereocenters. The topological polar surface area (TPSA) is 19.0 Å². The zero-order valence-electron chi connectivity index (χ0n) is 48.5. The summed E-state index contributed by atoms with van der Waals surface area (Å²) in [6.07, 6.45) is 0. The monoisotopic (exact) mass is 1110 g/mol. The summed E-state index contributed by atoms with van der Waals surface area (Å²) in [6.45, 7) is 6.80. The van der Waals surface area contributed by atoms with Crippen LogP contribution in [0.1, 0.15) is 48.6 Å². The van der Waals surface area contributed by atoms with Crippen LogP contribution in [0, 0.1) is 0 Å². The van der Waals surface area contributed by atoms with Crippen molar-refractivity contribution in [3.05, 3.63) is 307 Å². The van der Waals surface area contributed by atoms with Gasteiger partial charge in [-0.05, 0) is 178 Å². The summed E-state index contributed by atoms with van der Waals surface area (Å²) in [7, 11) is 0. The molecule has 6 aliphatic rings. The van der Waals surface area contributed by atoms with Crippen molar-refractivity contribution in [1.82, 2.24) is 0 Å². The van der Waals surface area contributed by atoms with E-state index < -0.39 is 5.41 Å². The van der Waals surface area contributed by atoms with Crippen LogP contribution in [0.4, 0.5) is 51.2 Å². The Bertz CT molecular complexity index is 5050. The van der Waals surface area contributed by atoms with Crippen LogP contribution in [0.15, 0.2) is 279 Å². The highest BCUT2D eigenvalue weighted by atomic mass is 16.5. The molecule has 4 heterocycles. The minimum absolute atomic E-state index is 0.0754. The molecule has 13 aromatic carbocycles. The van der Waals surface area contributed by atoms with Gasteiger partial charge < -0.3 is 19.4 Å². The summed E-state index contributed by atoms with van der Waals surface area (Å²) in [6, 6.07) is 105. The van der Waals surface area contributed by atoms with Crippen molar-refractivity contribution in [2.45, 2.75) is 31.6 Å². The maximum Gasteiger partial charge on any atom is 0.256 e. The first-order chi connectivity index (χ1) is 42.8. The SMILES string of the molecule is CC(C)(C)c1cc2c3c(c1)N(c1ccccc1)c1cc4c(cc1B3c1ccccc1N2c1ccccc1)B1c2ccccc2N(c2ccccc2)c2c1c(cc1cc(-c3cccc5c3C3(c6ccccc6-c6ccccc63)c3ccccc3-5)ccc21)O4. The molecule has 0 saturated carbocycles. The van der Waals surface area contributed by atoms with Crippen LogP contribution in [-0.2, 0) is 10.8 Å². The van der Waals surface area contributed by atoms with E-state index in [0.717, 1.165) is 45.3 Å². The average Bonchev–Trinajstić information content (AvgIpc) is 1.68. The Morgan fingerprint density at radius 3 is 1.43 bits per heavy atom. The minimum atomic E-state index is -0.496. The van der Waals surface area contributed by atoms with Crippen molar-refractivity contribution in [3.8, 4) is 44.9 Å². The summed E-state index contributed by atoms with van der Waals surface area (Å²) in [5.41, 5.74) is 31.5. The Labute approximate surface area is 508 Å². The molecule has 13 aromatic rings. The molecular formula is C81H55B2N3O. The van der Waals surface area contributed by atoms with Gasteiger partial charge in [-0.2, -0.15) is 0 Å². The second kappa shape index (κ2) is 17.8. The normalized spacial score (nSPS) is 14.4. The number of para-hydroxylation sites is 5. The molecule has 2 aliphatic carbocycles.